The van der Waals surface area contributed by atoms with Gasteiger partial charge in [-0.05, 0) is 19.3 Å². The number of aliphatic hydroxyl groups is 1. The molecule has 0 spiro atoms. The largest absolute Gasteiger partial charge is 0.395 e. The molecule has 15 heavy (non-hydrogen) atoms. The Morgan fingerprint density at radius 3 is 2.73 bits per heavy atom. The molecular weight excluding hydrogens is 190 g/mol. The lowest BCUT2D eigenvalue weighted by molar-refractivity contribution is 0.223. The molecule has 0 amide bonds. The lowest BCUT2D eigenvalue weighted by Gasteiger charge is -2.17. The van der Waals surface area contributed by atoms with Gasteiger partial charge >= 0.3 is 0 Å². The molecular formula is C11H21N3O. The third-order valence-electron chi connectivity index (χ3n) is 2.49. The zero-order chi connectivity index (χ0) is 11.3. The van der Waals surface area contributed by atoms with Crippen LogP contribution < -0.4 is 5.32 Å². The maximum atomic E-state index is 9.19. The van der Waals surface area contributed by atoms with E-state index in [0.29, 0.717) is 5.92 Å². The molecule has 4 heteroatoms. The number of nitrogens with zero attached hydrogens (tertiary/aromatic N) is 1. The van der Waals surface area contributed by atoms with Gasteiger partial charge in [0.25, 0.3) is 0 Å². The highest BCUT2D eigenvalue weighted by Gasteiger charge is 2.09. The number of aromatic nitrogens is 2. The molecule has 1 aromatic rings. The van der Waals surface area contributed by atoms with Crippen LogP contribution in [0.5, 0.6) is 0 Å². The minimum absolute atomic E-state index is 0.180. The van der Waals surface area contributed by atoms with Gasteiger partial charge in [-0.15, -0.1) is 0 Å². The van der Waals surface area contributed by atoms with Crippen LogP contribution >= 0.6 is 0 Å². The highest BCUT2D eigenvalue weighted by Crippen LogP contribution is 2.07. The van der Waals surface area contributed by atoms with Crippen LogP contribution in [0.15, 0.2) is 6.20 Å². The topological polar surface area (TPSA) is 60.9 Å². The minimum atomic E-state index is 0.180. The van der Waals surface area contributed by atoms with Crippen LogP contribution in [0.1, 0.15) is 31.5 Å². The van der Waals surface area contributed by atoms with Gasteiger partial charge in [0.2, 0.25) is 0 Å². The molecule has 0 aliphatic rings. The van der Waals surface area contributed by atoms with Gasteiger partial charge in [0.05, 0.1) is 12.8 Å². The van der Waals surface area contributed by atoms with Crippen LogP contribution in [0.2, 0.25) is 0 Å². The van der Waals surface area contributed by atoms with Crippen LogP contribution in [0.25, 0.3) is 0 Å². The molecule has 0 fully saturated rings. The molecule has 1 atom stereocenters. The third kappa shape index (κ3) is 4.01. The molecule has 3 N–H and O–H groups in total. The number of rotatable bonds is 6. The van der Waals surface area contributed by atoms with Crippen LogP contribution in [0.4, 0.5) is 0 Å². The predicted molar refractivity (Wildman–Crippen MR) is 60.5 cm³/mol. The SMILES string of the molecule is Cc1[nH]ncc1CNC(CO)CC(C)C. The van der Waals surface area contributed by atoms with Gasteiger partial charge in [-0.3, -0.25) is 5.10 Å². The van der Waals surface area contributed by atoms with E-state index in [-0.39, 0.29) is 12.6 Å². The molecule has 0 saturated carbocycles. The Balaban J connectivity index is 2.37. The number of H-pyrrole nitrogens is 1. The molecule has 0 aromatic carbocycles. The zero-order valence-corrected chi connectivity index (χ0v) is 9.75. The average Bonchev–Trinajstić information content (AvgIpc) is 2.58. The van der Waals surface area contributed by atoms with Gasteiger partial charge in [-0.1, -0.05) is 13.8 Å². The van der Waals surface area contributed by atoms with Crippen LogP contribution in [0, 0.1) is 12.8 Å². The number of hydrogen-bond acceptors (Lipinski definition) is 3. The van der Waals surface area contributed by atoms with E-state index >= 15 is 0 Å². The third-order valence-corrected chi connectivity index (χ3v) is 2.49. The fourth-order valence-corrected chi connectivity index (χ4v) is 1.60. The molecule has 0 aliphatic heterocycles. The van der Waals surface area contributed by atoms with Crippen LogP contribution in [-0.4, -0.2) is 28.0 Å². The second-order valence-corrected chi connectivity index (χ2v) is 4.41. The van der Waals surface area contributed by atoms with Gasteiger partial charge in [-0.2, -0.15) is 5.10 Å². The molecule has 0 saturated heterocycles. The molecule has 0 bridgehead atoms. The van der Waals surface area contributed by atoms with Gasteiger partial charge in [0, 0.05) is 23.8 Å². The van der Waals surface area contributed by atoms with E-state index in [2.05, 4.69) is 29.4 Å². The van der Waals surface area contributed by atoms with Crippen molar-refractivity contribution in [2.75, 3.05) is 6.61 Å². The maximum Gasteiger partial charge on any atom is 0.0584 e. The first kappa shape index (κ1) is 12.2. The van der Waals surface area contributed by atoms with Crippen molar-refractivity contribution in [3.8, 4) is 0 Å². The van der Waals surface area contributed by atoms with Gasteiger partial charge in [0.15, 0.2) is 0 Å². The first-order chi connectivity index (χ1) is 7.13. The molecule has 1 aromatic heterocycles. The molecule has 86 valence electrons. The summed E-state index contributed by atoms with van der Waals surface area (Å²) in [6.07, 6.45) is 2.82. The summed E-state index contributed by atoms with van der Waals surface area (Å²) in [4.78, 5) is 0. The Morgan fingerprint density at radius 1 is 1.53 bits per heavy atom. The van der Waals surface area contributed by atoms with Gasteiger partial charge < -0.3 is 10.4 Å². The minimum Gasteiger partial charge on any atom is -0.395 e. The number of nitrogens with one attached hydrogen (secondary N) is 2. The zero-order valence-electron chi connectivity index (χ0n) is 9.75. The predicted octanol–water partition coefficient (Wildman–Crippen LogP) is 1.21. The van der Waals surface area contributed by atoms with E-state index in [4.69, 9.17) is 0 Å². The summed E-state index contributed by atoms with van der Waals surface area (Å²) in [6.45, 7) is 7.27. The Morgan fingerprint density at radius 2 is 2.27 bits per heavy atom. The van der Waals surface area contributed by atoms with E-state index in [9.17, 15) is 5.11 Å². The standard InChI is InChI=1S/C11H21N3O/c1-8(2)4-11(7-15)12-5-10-6-13-14-9(10)3/h6,8,11-12,15H,4-5,7H2,1-3H3,(H,13,14). The maximum absolute atomic E-state index is 9.19. The Bertz CT molecular complexity index is 283. The number of aromatic amines is 1. The second kappa shape index (κ2) is 5.88. The van der Waals surface area contributed by atoms with Crippen LogP contribution in [-0.2, 0) is 6.54 Å². The second-order valence-electron chi connectivity index (χ2n) is 4.41. The van der Waals surface area contributed by atoms with E-state index in [1.807, 2.05) is 13.1 Å². The monoisotopic (exact) mass is 211 g/mol. The highest BCUT2D eigenvalue weighted by molar-refractivity contribution is 5.13. The van der Waals surface area contributed by atoms with Crippen molar-refractivity contribution in [1.29, 1.82) is 0 Å². The fraction of sp³-hybridized carbons (Fsp3) is 0.727. The molecule has 0 aliphatic carbocycles. The lowest BCUT2D eigenvalue weighted by Crippen LogP contribution is -2.33. The number of aryl methyl sites for hydroxylation is 1. The Kier molecular flexibility index (Phi) is 4.78. The van der Waals surface area contributed by atoms with E-state index in [1.54, 1.807) is 0 Å². The molecule has 0 radical (unpaired) electrons. The number of hydrogen-bond donors (Lipinski definition) is 3. The van der Waals surface area contributed by atoms with Gasteiger partial charge in [-0.25, -0.2) is 0 Å². The van der Waals surface area contributed by atoms with E-state index in [0.717, 1.165) is 24.2 Å². The quantitative estimate of drug-likeness (QED) is 0.663. The normalized spacial score (nSPS) is 13.4. The summed E-state index contributed by atoms with van der Waals surface area (Å²) in [6, 6.07) is 0.180. The summed E-state index contributed by atoms with van der Waals surface area (Å²) >= 11 is 0. The first-order valence-corrected chi connectivity index (χ1v) is 5.46. The summed E-state index contributed by atoms with van der Waals surface area (Å²) < 4.78 is 0. The molecule has 1 heterocycles. The summed E-state index contributed by atoms with van der Waals surface area (Å²) in [7, 11) is 0. The highest BCUT2D eigenvalue weighted by atomic mass is 16.3. The Hall–Kier alpha value is -0.870. The fourth-order valence-electron chi connectivity index (χ4n) is 1.60. The molecule has 1 rings (SSSR count). The molecule has 1 unspecified atom stereocenters. The smallest absolute Gasteiger partial charge is 0.0584 e. The Labute approximate surface area is 91.1 Å². The van der Waals surface area contributed by atoms with Gasteiger partial charge in [0.1, 0.15) is 0 Å². The van der Waals surface area contributed by atoms with Crippen molar-refractivity contribution in [3.05, 3.63) is 17.5 Å². The van der Waals surface area contributed by atoms with Crippen molar-refractivity contribution in [3.63, 3.8) is 0 Å². The van der Waals surface area contributed by atoms with E-state index < -0.39 is 0 Å². The van der Waals surface area contributed by atoms with Crippen molar-refractivity contribution >= 4 is 0 Å². The van der Waals surface area contributed by atoms with E-state index in [1.165, 1.54) is 0 Å². The first-order valence-electron chi connectivity index (χ1n) is 5.46. The van der Waals surface area contributed by atoms with Crippen molar-refractivity contribution in [2.24, 2.45) is 5.92 Å². The summed E-state index contributed by atoms with van der Waals surface area (Å²) in [5.74, 6) is 0.597. The average molecular weight is 211 g/mol. The molecule has 4 nitrogen and oxygen atoms in total. The van der Waals surface area contributed by atoms with Crippen molar-refractivity contribution in [1.82, 2.24) is 15.5 Å². The summed E-state index contributed by atoms with van der Waals surface area (Å²) in [5, 5.41) is 19.4. The lowest BCUT2D eigenvalue weighted by atomic mass is 10.0. The van der Waals surface area contributed by atoms with Crippen molar-refractivity contribution in [2.45, 2.75) is 39.8 Å². The summed E-state index contributed by atoms with van der Waals surface area (Å²) in [5.41, 5.74) is 2.25. The van der Waals surface area contributed by atoms with Crippen LogP contribution in [0.3, 0.4) is 0 Å². The van der Waals surface area contributed by atoms with Crippen molar-refractivity contribution < 1.29 is 5.11 Å². The number of aliphatic hydroxyl groups excluding tert-OH is 1.